The first-order valence-electron chi connectivity index (χ1n) is 13.4. The first-order valence-corrected chi connectivity index (χ1v) is 13.4. The van der Waals surface area contributed by atoms with Gasteiger partial charge in [0.1, 0.15) is 11.6 Å². The Morgan fingerprint density at radius 1 is 0.972 bits per heavy atom. The number of aromatic nitrogens is 2. The Balaban J connectivity index is 1.28. The van der Waals surface area contributed by atoms with Gasteiger partial charge in [-0.3, -0.25) is 14.6 Å². The molecular formula is C29H39N5O2. The predicted octanol–water partition coefficient (Wildman–Crippen LogP) is 3.86. The molecule has 36 heavy (non-hydrogen) atoms. The number of carbonyl (C=O) groups excluding carboxylic acids is 1. The number of piperazine rings is 1. The average molecular weight is 490 g/mol. The first-order chi connectivity index (χ1) is 17.6. The van der Waals surface area contributed by atoms with Crippen LogP contribution in [0.3, 0.4) is 0 Å². The van der Waals surface area contributed by atoms with Crippen molar-refractivity contribution in [1.29, 1.82) is 0 Å². The number of hydrogen-bond acceptors (Lipinski definition) is 5. The predicted molar refractivity (Wildman–Crippen MR) is 143 cm³/mol. The van der Waals surface area contributed by atoms with Crippen LogP contribution in [0.1, 0.15) is 37.6 Å². The molecule has 7 heteroatoms. The van der Waals surface area contributed by atoms with Gasteiger partial charge in [-0.15, -0.1) is 0 Å². The SMILES string of the molecule is CCCN1CCN(C(=O)[C@@H]2CCCN(Cc3nc4ccccc4n3Cc3ccc(OC)cc3)C2)CC1. The molecule has 2 aliphatic rings. The van der Waals surface area contributed by atoms with E-state index in [4.69, 9.17) is 9.72 Å². The van der Waals surface area contributed by atoms with Gasteiger partial charge in [0, 0.05) is 39.3 Å². The van der Waals surface area contributed by atoms with Gasteiger partial charge in [-0.1, -0.05) is 31.2 Å². The number of benzene rings is 2. The standard InChI is InChI=1S/C29H39N5O2/c1-3-14-31-16-18-33(19-17-31)29(35)24-7-6-15-32(21-24)22-28-30-26-8-4-5-9-27(26)34(28)20-23-10-12-25(36-2)13-11-23/h4-5,8-13,24H,3,6-7,14-22H2,1-2H3/t24-/m1/s1. The van der Waals surface area contributed by atoms with Crippen LogP contribution in [-0.4, -0.2) is 83.1 Å². The normalized spacial score (nSPS) is 19.6. The minimum atomic E-state index is 0.0934. The Hall–Kier alpha value is -2.90. The number of methoxy groups -OCH3 is 1. The first kappa shape index (κ1) is 24.8. The lowest BCUT2D eigenvalue weighted by molar-refractivity contribution is -0.139. The maximum atomic E-state index is 13.4. The van der Waals surface area contributed by atoms with Crippen molar-refractivity contribution in [1.82, 2.24) is 24.3 Å². The second-order valence-electron chi connectivity index (χ2n) is 10.2. The van der Waals surface area contributed by atoms with Gasteiger partial charge in [0.05, 0.1) is 30.6 Å². The third-order valence-corrected chi connectivity index (χ3v) is 7.68. The van der Waals surface area contributed by atoms with Crippen molar-refractivity contribution in [2.75, 3.05) is 52.9 Å². The molecular weight excluding hydrogens is 450 g/mol. The van der Waals surface area contributed by atoms with Gasteiger partial charge >= 0.3 is 0 Å². The summed E-state index contributed by atoms with van der Waals surface area (Å²) in [7, 11) is 1.69. The van der Waals surface area contributed by atoms with Crippen LogP contribution in [0.2, 0.25) is 0 Å². The fourth-order valence-corrected chi connectivity index (χ4v) is 5.70. The van der Waals surface area contributed by atoms with Crippen molar-refractivity contribution in [3.05, 3.63) is 59.9 Å². The molecule has 1 amide bonds. The monoisotopic (exact) mass is 489 g/mol. The summed E-state index contributed by atoms with van der Waals surface area (Å²) in [4.78, 5) is 25.4. The molecule has 5 rings (SSSR count). The Kier molecular flexibility index (Phi) is 7.87. The summed E-state index contributed by atoms with van der Waals surface area (Å²) in [6, 6.07) is 16.6. The van der Waals surface area contributed by atoms with Crippen molar-refractivity contribution in [3.8, 4) is 5.75 Å². The van der Waals surface area contributed by atoms with Gasteiger partial charge in [0.25, 0.3) is 0 Å². The maximum Gasteiger partial charge on any atom is 0.227 e. The number of nitrogens with zero attached hydrogens (tertiary/aromatic N) is 5. The fourth-order valence-electron chi connectivity index (χ4n) is 5.70. The van der Waals surface area contributed by atoms with E-state index in [1.54, 1.807) is 7.11 Å². The molecule has 0 N–H and O–H groups in total. The molecule has 0 radical (unpaired) electrons. The molecule has 3 aromatic rings. The zero-order valence-electron chi connectivity index (χ0n) is 21.7. The summed E-state index contributed by atoms with van der Waals surface area (Å²) in [6.07, 6.45) is 3.23. The molecule has 0 unspecified atom stereocenters. The van der Waals surface area contributed by atoms with Gasteiger partial charge in [0.2, 0.25) is 5.91 Å². The van der Waals surface area contributed by atoms with Crippen LogP contribution in [0.5, 0.6) is 5.75 Å². The quantitative estimate of drug-likeness (QED) is 0.481. The van der Waals surface area contributed by atoms with E-state index in [1.807, 2.05) is 18.2 Å². The average Bonchev–Trinajstić information content (AvgIpc) is 3.26. The number of fused-ring (bicyclic) bond motifs is 1. The Bertz CT molecular complexity index is 1150. The van der Waals surface area contributed by atoms with Crippen LogP contribution < -0.4 is 4.74 Å². The number of piperidine rings is 1. The Labute approximate surface area is 214 Å². The second kappa shape index (κ2) is 11.4. The largest absolute Gasteiger partial charge is 0.497 e. The van der Waals surface area contributed by atoms with E-state index < -0.39 is 0 Å². The van der Waals surface area contributed by atoms with Crippen LogP contribution in [0.25, 0.3) is 11.0 Å². The number of likely N-dealkylation sites (tertiary alicyclic amines) is 1. The highest BCUT2D eigenvalue weighted by atomic mass is 16.5. The van der Waals surface area contributed by atoms with Crippen molar-refractivity contribution in [2.24, 2.45) is 5.92 Å². The highest BCUT2D eigenvalue weighted by molar-refractivity contribution is 5.79. The topological polar surface area (TPSA) is 53.8 Å². The maximum absolute atomic E-state index is 13.4. The van der Waals surface area contributed by atoms with Crippen molar-refractivity contribution >= 4 is 16.9 Å². The van der Waals surface area contributed by atoms with Gasteiger partial charge < -0.3 is 14.2 Å². The van der Waals surface area contributed by atoms with Crippen molar-refractivity contribution in [3.63, 3.8) is 0 Å². The van der Waals surface area contributed by atoms with E-state index in [-0.39, 0.29) is 5.92 Å². The Morgan fingerprint density at radius 3 is 2.50 bits per heavy atom. The number of ether oxygens (including phenoxy) is 1. The molecule has 1 atom stereocenters. The van der Waals surface area contributed by atoms with E-state index in [0.717, 1.165) is 94.4 Å². The molecule has 3 heterocycles. The van der Waals surface area contributed by atoms with Gasteiger partial charge in [-0.2, -0.15) is 0 Å². The van der Waals surface area contributed by atoms with Gasteiger partial charge in [-0.25, -0.2) is 4.98 Å². The Morgan fingerprint density at radius 2 is 1.75 bits per heavy atom. The molecule has 2 aliphatic heterocycles. The molecule has 2 aromatic carbocycles. The van der Waals surface area contributed by atoms with Gasteiger partial charge in [0.15, 0.2) is 0 Å². The molecule has 1 aromatic heterocycles. The molecule has 2 saturated heterocycles. The summed E-state index contributed by atoms with van der Waals surface area (Å²) in [5, 5.41) is 0. The van der Waals surface area contributed by atoms with Crippen molar-refractivity contribution < 1.29 is 9.53 Å². The van der Waals surface area contributed by atoms with E-state index in [9.17, 15) is 4.79 Å². The van der Waals surface area contributed by atoms with Crippen LogP contribution in [0.15, 0.2) is 48.5 Å². The minimum absolute atomic E-state index is 0.0934. The summed E-state index contributed by atoms with van der Waals surface area (Å²) >= 11 is 0. The minimum Gasteiger partial charge on any atom is -0.497 e. The molecule has 7 nitrogen and oxygen atoms in total. The lowest BCUT2D eigenvalue weighted by Crippen LogP contribution is -2.52. The van der Waals surface area contributed by atoms with Crippen molar-refractivity contribution in [2.45, 2.75) is 39.3 Å². The molecule has 0 saturated carbocycles. The number of rotatable bonds is 8. The molecule has 2 fully saturated rings. The van der Waals surface area contributed by atoms with Crippen LogP contribution in [-0.2, 0) is 17.9 Å². The molecule has 0 aliphatic carbocycles. The van der Waals surface area contributed by atoms with Crippen LogP contribution in [0.4, 0.5) is 0 Å². The van der Waals surface area contributed by atoms with Gasteiger partial charge in [-0.05, 0) is 62.2 Å². The smallest absolute Gasteiger partial charge is 0.227 e. The summed E-state index contributed by atoms with van der Waals surface area (Å²) < 4.78 is 7.66. The summed E-state index contributed by atoms with van der Waals surface area (Å²) in [5.74, 6) is 2.37. The lowest BCUT2D eigenvalue weighted by atomic mass is 9.96. The number of para-hydroxylation sites is 2. The van der Waals surface area contributed by atoms with E-state index in [0.29, 0.717) is 5.91 Å². The second-order valence-corrected chi connectivity index (χ2v) is 10.2. The number of imidazole rings is 1. The molecule has 0 spiro atoms. The number of hydrogen-bond donors (Lipinski definition) is 0. The number of carbonyl (C=O) groups is 1. The summed E-state index contributed by atoms with van der Waals surface area (Å²) in [6.45, 7) is 10.5. The molecule has 0 bridgehead atoms. The zero-order chi connectivity index (χ0) is 24.9. The molecule has 192 valence electrons. The van der Waals surface area contributed by atoms with E-state index >= 15 is 0 Å². The fraction of sp³-hybridized carbons (Fsp3) is 0.517. The third kappa shape index (κ3) is 5.57. The highest BCUT2D eigenvalue weighted by Crippen LogP contribution is 2.24. The third-order valence-electron chi connectivity index (χ3n) is 7.68. The number of amides is 1. The lowest BCUT2D eigenvalue weighted by Gasteiger charge is -2.39. The highest BCUT2D eigenvalue weighted by Gasteiger charge is 2.31. The summed E-state index contributed by atoms with van der Waals surface area (Å²) in [5.41, 5.74) is 3.39. The van der Waals surface area contributed by atoms with Crippen LogP contribution >= 0.6 is 0 Å². The van der Waals surface area contributed by atoms with E-state index in [2.05, 4.69) is 56.5 Å². The van der Waals surface area contributed by atoms with E-state index in [1.165, 1.54) is 12.0 Å². The zero-order valence-corrected chi connectivity index (χ0v) is 21.7. The van der Waals surface area contributed by atoms with Crippen LogP contribution in [0, 0.1) is 5.92 Å².